The quantitative estimate of drug-likeness (QED) is 0.345. The van der Waals surface area contributed by atoms with Gasteiger partial charge in [-0.2, -0.15) is 0 Å². The third-order valence-corrected chi connectivity index (χ3v) is 0.793. The van der Waals surface area contributed by atoms with Crippen molar-refractivity contribution in [3.05, 3.63) is 0 Å². The zero-order valence-electron chi connectivity index (χ0n) is 5.99. The number of nitrogens with one attached hydrogen (secondary N) is 1. The summed E-state index contributed by atoms with van der Waals surface area (Å²) < 4.78 is 5.04. The van der Waals surface area contributed by atoms with Gasteiger partial charge in [0.2, 0.25) is 0 Å². The first kappa shape index (κ1) is 8.76. The van der Waals surface area contributed by atoms with E-state index in [0.29, 0.717) is 0 Å². The smallest absolute Gasteiger partial charge is 0.196 e. The first-order valence-electron chi connectivity index (χ1n) is 2.78. The Morgan fingerprint density at radius 2 is 2.00 bits per heavy atom. The predicted octanol–water partition coefficient (Wildman–Crippen LogP) is 2.02. The molecule has 0 aliphatic rings. The lowest BCUT2D eigenvalue weighted by Crippen LogP contribution is -2.23. The number of hydrogen-bond donors (Lipinski definition) is 1. The molecule has 54 valence electrons. The average Bonchev–Trinajstić information content (AvgIpc) is 1.62. The van der Waals surface area contributed by atoms with Crippen LogP contribution in [-0.4, -0.2) is 17.4 Å². The molecule has 0 aromatic carbocycles. The van der Waals surface area contributed by atoms with Crippen LogP contribution in [0.5, 0.6) is 0 Å². The number of ether oxygens (including phenoxy) is 1. The maximum Gasteiger partial charge on any atom is 0.196 e. The molecule has 0 fully saturated rings. The molecule has 0 bridgehead atoms. The molecule has 0 aromatic rings. The topological polar surface area (TPSA) is 33.1 Å². The number of halogens is 1. The molecular weight excluding hydrogens is 138 g/mol. The van der Waals surface area contributed by atoms with Gasteiger partial charge in [0.15, 0.2) is 5.90 Å². The molecule has 2 nitrogen and oxygen atoms in total. The first-order valence-corrected chi connectivity index (χ1v) is 3.31. The van der Waals surface area contributed by atoms with Crippen LogP contribution in [0.2, 0.25) is 0 Å². The third-order valence-electron chi connectivity index (χ3n) is 0.551. The number of alkyl halides is 1. The molecular formula is C6H12ClNO. The normalized spacial score (nSPS) is 11.1. The minimum atomic E-state index is -0.286. The van der Waals surface area contributed by atoms with Crippen LogP contribution < -0.4 is 0 Å². The SMILES string of the molecule is CC(C)(C)OC(=N)CCl. The molecule has 0 saturated heterocycles. The summed E-state index contributed by atoms with van der Waals surface area (Å²) in [6, 6.07) is 0. The predicted molar refractivity (Wildman–Crippen MR) is 39.3 cm³/mol. The zero-order valence-corrected chi connectivity index (χ0v) is 6.75. The average molecular weight is 150 g/mol. The number of hydrogen-bond acceptors (Lipinski definition) is 2. The Balaban J connectivity index is 3.60. The van der Waals surface area contributed by atoms with Crippen molar-refractivity contribution in [2.24, 2.45) is 0 Å². The molecule has 0 aromatic heterocycles. The summed E-state index contributed by atoms with van der Waals surface area (Å²) in [5.41, 5.74) is -0.286. The highest BCUT2D eigenvalue weighted by Crippen LogP contribution is 2.06. The van der Waals surface area contributed by atoms with Gasteiger partial charge < -0.3 is 4.74 Å². The Kier molecular flexibility index (Phi) is 2.98. The van der Waals surface area contributed by atoms with Crippen molar-refractivity contribution in [3.8, 4) is 0 Å². The van der Waals surface area contributed by atoms with Gasteiger partial charge in [0.1, 0.15) is 5.60 Å². The van der Waals surface area contributed by atoms with Crippen LogP contribution in [0.25, 0.3) is 0 Å². The standard InChI is InChI=1S/C6H12ClNO/c1-6(2,3)9-5(8)4-7/h8H,4H2,1-3H3. The molecule has 0 rings (SSSR count). The van der Waals surface area contributed by atoms with E-state index in [1.165, 1.54) is 0 Å². The van der Waals surface area contributed by atoms with E-state index in [4.69, 9.17) is 21.7 Å². The van der Waals surface area contributed by atoms with Crippen LogP contribution in [0.1, 0.15) is 20.8 Å². The van der Waals surface area contributed by atoms with Crippen molar-refractivity contribution < 1.29 is 4.74 Å². The fourth-order valence-corrected chi connectivity index (χ4v) is 0.451. The molecule has 0 atom stereocenters. The highest BCUT2D eigenvalue weighted by Gasteiger charge is 2.12. The summed E-state index contributed by atoms with van der Waals surface area (Å²) in [4.78, 5) is 0. The van der Waals surface area contributed by atoms with Gasteiger partial charge in [-0.05, 0) is 20.8 Å². The summed E-state index contributed by atoms with van der Waals surface area (Å²) >= 11 is 5.31. The summed E-state index contributed by atoms with van der Waals surface area (Å²) in [5, 5.41) is 7.04. The van der Waals surface area contributed by atoms with Gasteiger partial charge in [0.25, 0.3) is 0 Å². The molecule has 3 heteroatoms. The highest BCUT2D eigenvalue weighted by molar-refractivity contribution is 6.26. The van der Waals surface area contributed by atoms with Crippen LogP contribution in [0.4, 0.5) is 0 Å². The van der Waals surface area contributed by atoms with E-state index in [-0.39, 0.29) is 17.4 Å². The van der Waals surface area contributed by atoms with E-state index < -0.39 is 0 Å². The van der Waals surface area contributed by atoms with Crippen molar-refractivity contribution >= 4 is 17.5 Å². The Morgan fingerprint density at radius 1 is 1.56 bits per heavy atom. The van der Waals surface area contributed by atoms with E-state index in [9.17, 15) is 0 Å². The maximum absolute atomic E-state index is 7.04. The van der Waals surface area contributed by atoms with Gasteiger partial charge >= 0.3 is 0 Å². The van der Waals surface area contributed by atoms with E-state index in [1.54, 1.807) is 0 Å². The van der Waals surface area contributed by atoms with Crippen molar-refractivity contribution in [3.63, 3.8) is 0 Å². The minimum absolute atomic E-state index is 0.129. The van der Waals surface area contributed by atoms with E-state index in [0.717, 1.165) is 0 Å². The van der Waals surface area contributed by atoms with Gasteiger partial charge in [-0.1, -0.05) is 0 Å². The van der Waals surface area contributed by atoms with Crippen molar-refractivity contribution in [2.75, 3.05) is 5.88 Å². The van der Waals surface area contributed by atoms with Crippen LogP contribution in [0.15, 0.2) is 0 Å². The number of rotatable bonds is 1. The van der Waals surface area contributed by atoms with Crippen LogP contribution in [0.3, 0.4) is 0 Å². The molecule has 0 spiro atoms. The Morgan fingerprint density at radius 3 is 2.11 bits per heavy atom. The van der Waals surface area contributed by atoms with Gasteiger partial charge in [0.05, 0.1) is 5.88 Å². The molecule has 0 aliphatic heterocycles. The van der Waals surface area contributed by atoms with E-state index >= 15 is 0 Å². The van der Waals surface area contributed by atoms with Gasteiger partial charge in [-0.25, -0.2) is 0 Å². The Bertz CT molecular complexity index is 106. The molecule has 1 N–H and O–H groups in total. The second-order valence-corrected chi connectivity index (χ2v) is 3.04. The lowest BCUT2D eigenvalue weighted by Gasteiger charge is -2.20. The molecule has 0 aliphatic carbocycles. The fourth-order valence-electron chi connectivity index (χ4n) is 0.397. The Labute approximate surface area is 60.7 Å². The second kappa shape index (κ2) is 3.06. The molecule has 0 saturated carbocycles. The summed E-state index contributed by atoms with van der Waals surface area (Å²) in [7, 11) is 0. The lowest BCUT2D eigenvalue weighted by molar-refractivity contribution is 0.114. The molecule has 0 unspecified atom stereocenters. The summed E-state index contributed by atoms with van der Waals surface area (Å²) in [6.07, 6.45) is 0. The largest absolute Gasteiger partial charge is 0.475 e. The van der Waals surface area contributed by atoms with Crippen LogP contribution in [-0.2, 0) is 4.74 Å². The van der Waals surface area contributed by atoms with Gasteiger partial charge in [0, 0.05) is 0 Å². The second-order valence-electron chi connectivity index (χ2n) is 2.77. The van der Waals surface area contributed by atoms with Gasteiger partial charge in [-0.15, -0.1) is 11.6 Å². The monoisotopic (exact) mass is 149 g/mol. The van der Waals surface area contributed by atoms with Crippen molar-refractivity contribution in [1.29, 1.82) is 5.41 Å². The van der Waals surface area contributed by atoms with Crippen LogP contribution >= 0.6 is 11.6 Å². The van der Waals surface area contributed by atoms with Gasteiger partial charge in [-0.3, -0.25) is 5.41 Å². The molecule has 0 radical (unpaired) electrons. The Hall–Kier alpha value is -0.240. The fraction of sp³-hybridized carbons (Fsp3) is 0.833. The maximum atomic E-state index is 7.04. The highest BCUT2D eigenvalue weighted by atomic mass is 35.5. The molecule has 9 heavy (non-hydrogen) atoms. The third kappa shape index (κ3) is 5.63. The zero-order chi connectivity index (χ0) is 7.49. The van der Waals surface area contributed by atoms with Crippen LogP contribution in [0, 0.1) is 5.41 Å². The summed E-state index contributed by atoms with van der Waals surface area (Å²) in [6.45, 7) is 5.65. The lowest BCUT2D eigenvalue weighted by atomic mass is 10.2. The van der Waals surface area contributed by atoms with E-state index in [2.05, 4.69) is 0 Å². The minimum Gasteiger partial charge on any atom is -0.475 e. The van der Waals surface area contributed by atoms with Crippen molar-refractivity contribution in [1.82, 2.24) is 0 Å². The molecule has 0 amide bonds. The van der Waals surface area contributed by atoms with E-state index in [1.807, 2.05) is 20.8 Å². The van der Waals surface area contributed by atoms with Crippen molar-refractivity contribution in [2.45, 2.75) is 26.4 Å². The summed E-state index contributed by atoms with van der Waals surface area (Å²) in [5.74, 6) is 0.279. The first-order chi connectivity index (χ1) is 3.95. The molecule has 0 heterocycles.